The average Bonchev–Trinajstić information content (AvgIpc) is 3.00. The van der Waals surface area contributed by atoms with E-state index in [1.54, 1.807) is 31.3 Å². The Morgan fingerprint density at radius 2 is 1.23 bits per heavy atom. The molecule has 1 N–H and O–H groups in total. The maximum absolute atomic E-state index is 13.8. The van der Waals surface area contributed by atoms with Gasteiger partial charge in [-0.2, -0.15) is 0 Å². The molecule has 4 aromatic rings. The third-order valence-corrected chi connectivity index (χ3v) is 6.24. The Labute approximate surface area is 228 Å². The molecule has 7 heteroatoms. The quantitative estimate of drug-likeness (QED) is 0.277. The summed E-state index contributed by atoms with van der Waals surface area (Å²) < 4.78 is 16.3. The summed E-state index contributed by atoms with van der Waals surface area (Å²) in [6.45, 7) is 0.295. The van der Waals surface area contributed by atoms with Gasteiger partial charge in [-0.3, -0.25) is 9.59 Å². The highest BCUT2D eigenvalue weighted by molar-refractivity contribution is 5.89. The van der Waals surface area contributed by atoms with Gasteiger partial charge in [0, 0.05) is 13.1 Å². The summed E-state index contributed by atoms with van der Waals surface area (Å²) in [6, 6.07) is 32.5. The zero-order chi connectivity index (χ0) is 27.5. The van der Waals surface area contributed by atoms with Crippen LogP contribution in [0.15, 0.2) is 109 Å². The summed E-state index contributed by atoms with van der Waals surface area (Å²) in [5.74, 6) is 1.42. The molecule has 1 atom stereocenters. The highest BCUT2D eigenvalue weighted by Gasteiger charge is 2.31. The number of rotatable bonds is 12. The molecule has 0 aliphatic heterocycles. The molecule has 0 unspecified atom stereocenters. The number of benzene rings is 4. The molecule has 7 nitrogen and oxygen atoms in total. The minimum Gasteiger partial charge on any atom is -0.497 e. The first kappa shape index (κ1) is 27.3. The number of amides is 2. The van der Waals surface area contributed by atoms with Crippen molar-refractivity contribution in [3.05, 3.63) is 126 Å². The van der Waals surface area contributed by atoms with E-state index in [0.717, 1.165) is 16.9 Å². The van der Waals surface area contributed by atoms with E-state index in [1.165, 1.54) is 0 Å². The molecule has 0 aliphatic carbocycles. The predicted molar refractivity (Wildman–Crippen MR) is 150 cm³/mol. The number of carbonyl (C=O) groups is 2. The number of ether oxygens (including phenoxy) is 3. The van der Waals surface area contributed by atoms with Crippen LogP contribution in [0.25, 0.3) is 0 Å². The summed E-state index contributed by atoms with van der Waals surface area (Å²) >= 11 is 0. The van der Waals surface area contributed by atoms with E-state index in [2.05, 4.69) is 5.32 Å². The number of para-hydroxylation sites is 1. The Bertz CT molecular complexity index is 1330. The summed E-state index contributed by atoms with van der Waals surface area (Å²) in [7, 11) is 3.21. The molecule has 0 bridgehead atoms. The first-order valence-corrected chi connectivity index (χ1v) is 12.6. The second-order valence-electron chi connectivity index (χ2n) is 8.85. The topological polar surface area (TPSA) is 77.1 Å². The van der Waals surface area contributed by atoms with Crippen LogP contribution in [-0.2, 0) is 22.7 Å². The summed E-state index contributed by atoms with van der Waals surface area (Å²) in [5.41, 5.74) is 2.47. The van der Waals surface area contributed by atoms with E-state index in [0.29, 0.717) is 23.6 Å². The van der Waals surface area contributed by atoms with Gasteiger partial charge in [0.15, 0.2) is 6.61 Å². The van der Waals surface area contributed by atoms with E-state index < -0.39 is 6.04 Å². The van der Waals surface area contributed by atoms with Crippen molar-refractivity contribution in [2.45, 2.75) is 19.1 Å². The van der Waals surface area contributed by atoms with Crippen LogP contribution in [0.5, 0.6) is 17.2 Å². The zero-order valence-electron chi connectivity index (χ0n) is 22.1. The van der Waals surface area contributed by atoms with Gasteiger partial charge in [0.05, 0.1) is 14.2 Å². The SMILES string of the molecule is COc1ccc(CNC(=O)[C@@H](c2ccccc2)N(Cc2ccc(OC)cc2)C(=O)COc2ccccc2)cc1. The standard InChI is InChI=1S/C32H32N2O5/c1-37-27-17-13-24(14-18-27)21-33-32(36)31(26-9-5-3-6-10-26)34(22-25-15-19-28(38-2)20-16-25)30(35)23-39-29-11-7-4-8-12-29/h3-20,31H,21-23H2,1-2H3,(H,33,36)/t31-/m1/s1. The van der Waals surface area contributed by atoms with Crippen molar-refractivity contribution in [2.24, 2.45) is 0 Å². The van der Waals surface area contributed by atoms with Gasteiger partial charge in [0.25, 0.3) is 5.91 Å². The van der Waals surface area contributed by atoms with E-state index in [1.807, 2.05) is 97.1 Å². The molecule has 0 aromatic heterocycles. The van der Waals surface area contributed by atoms with Crippen molar-refractivity contribution in [2.75, 3.05) is 20.8 Å². The van der Waals surface area contributed by atoms with Crippen LogP contribution in [0.2, 0.25) is 0 Å². The molecule has 39 heavy (non-hydrogen) atoms. The molecule has 0 radical (unpaired) electrons. The largest absolute Gasteiger partial charge is 0.497 e. The monoisotopic (exact) mass is 524 g/mol. The smallest absolute Gasteiger partial charge is 0.261 e. The van der Waals surface area contributed by atoms with Crippen LogP contribution in [0.3, 0.4) is 0 Å². The van der Waals surface area contributed by atoms with E-state index in [4.69, 9.17) is 14.2 Å². The molecule has 0 heterocycles. The van der Waals surface area contributed by atoms with Gasteiger partial charge in [-0.15, -0.1) is 0 Å². The Morgan fingerprint density at radius 3 is 1.79 bits per heavy atom. The summed E-state index contributed by atoms with van der Waals surface area (Å²) in [4.78, 5) is 29.0. The minimum atomic E-state index is -0.876. The van der Waals surface area contributed by atoms with Crippen LogP contribution < -0.4 is 19.5 Å². The summed E-state index contributed by atoms with van der Waals surface area (Å²) in [6.07, 6.45) is 0. The maximum atomic E-state index is 13.8. The second kappa shape index (κ2) is 13.7. The van der Waals surface area contributed by atoms with E-state index in [-0.39, 0.29) is 25.0 Å². The van der Waals surface area contributed by atoms with Crippen LogP contribution in [0.1, 0.15) is 22.7 Å². The van der Waals surface area contributed by atoms with Gasteiger partial charge in [-0.25, -0.2) is 0 Å². The molecule has 0 aliphatic rings. The van der Waals surface area contributed by atoms with Gasteiger partial charge >= 0.3 is 0 Å². The van der Waals surface area contributed by atoms with Crippen molar-refractivity contribution in [1.29, 1.82) is 0 Å². The van der Waals surface area contributed by atoms with Crippen molar-refractivity contribution < 1.29 is 23.8 Å². The summed E-state index contributed by atoms with van der Waals surface area (Å²) in [5, 5.41) is 3.01. The number of nitrogens with zero attached hydrogens (tertiary/aromatic N) is 1. The lowest BCUT2D eigenvalue weighted by molar-refractivity contribution is -0.143. The van der Waals surface area contributed by atoms with Crippen molar-refractivity contribution in [1.82, 2.24) is 10.2 Å². The van der Waals surface area contributed by atoms with E-state index in [9.17, 15) is 9.59 Å². The van der Waals surface area contributed by atoms with Crippen LogP contribution in [0.4, 0.5) is 0 Å². The Hall–Kier alpha value is -4.78. The van der Waals surface area contributed by atoms with Crippen molar-refractivity contribution in [3.63, 3.8) is 0 Å². The fraction of sp³-hybridized carbons (Fsp3) is 0.188. The van der Waals surface area contributed by atoms with Gasteiger partial charge in [0.1, 0.15) is 23.3 Å². The average molecular weight is 525 g/mol. The minimum absolute atomic E-state index is 0.205. The molecule has 4 rings (SSSR count). The number of nitrogens with one attached hydrogen (secondary N) is 1. The predicted octanol–water partition coefficient (Wildman–Crippen LogP) is 5.17. The lowest BCUT2D eigenvalue weighted by Gasteiger charge is -2.31. The Morgan fingerprint density at radius 1 is 0.692 bits per heavy atom. The van der Waals surface area contributed by atoms with Gasteiger partial charge in [0.2, 0.25) is 5.91 Å². The zero-order valence-corrected chi connectivity index (χ0v) is 22.1. The lowest BCUT2D eigenvalue weighted by atomic mass is 10.0. The first-order chi connectivity index (χ1) is 19.1. The molecule has 200 valence electrons. The van der Waals surface area contributed by atoms with Crippen LogP contribution in [-0.4, -0.2) is 37.5 Å². The third-order valence-electron chi connectivity index (χ3n) is 6.24. The molecular weight excluding hydrogens is 492 g/mol. The number of hydrogen-bond donors (Lipinski definition) is 1. The van der Waals surface area contributed by atoms with Crippen LogP contribution in [0, 0.1) is 0 Å². The maximum Gasteiger partial charge on any atom is 0.261 e. The molecule has 4 aromatic carbocycles. The number of methoxy groups -OCH3 is 2. The fourth-order valence-electron chi connectivity index (χ4n) is 4.13. The normalized spacial score (nSPS) is 11.2. The number of carbonyl (C=O) groups excluding carboxylic acids is 2. The first-order valence-electron chi connectivity index (χ1n) is 12.6. The van der Waals surface area contributed by atoms with Crippen LogP contribution >= 0.6 is 0 Å². The second-order valence-corrected chi connectivity index (χ2v) is 8.85. The molecule has 0 saturated carbocycles. The van der Waals surface area contributed by atoms with Crippen molar-refractivity contribution in [3.8, 4) is 17.2 Å². The lowest BCUT2D eigenvalue weighted by Crippen LogP contribution is -2.45. The Balaban J connectivity index is 1.61. The highest BCUT2D eigenvalue weighted by atomic mass is 16.5. The Kier molecular flexibility index (Phi) is 9.56. The van der Waals surface area contributed by atoms with Crippen molar-refractivity contribution >= 4 is 11.8 Å². The highest BCUT2D eigenvalue weighted by Crippen LogP contribution is 2.25. The molecule has 0 saturated heterocycles. The van der Waals surface area contributed by atoms with Gasteiger partial charge in [-0.1, -0.05) is 72.8 Å². The molecule has 0 fully saturated rings. The fourth-order valence-corrected chi connectivity index (χ4v) is 4.13. The van der Waals surface area contributed by atoms with Gasteiger partial charge in [-0.05, 0) is 53.1 Å². The molecule has 2 amide bonds. The molecular formula is C32H32N2O5. The molecule has 0 spiro atoms. The van der Waals surface area contributed by atoms with Gasteiger partial charge < -0.3 is 24.4 Å². The number of hydrogen-bond acceptors (Lipinski definition) is 5. The third kappa shape index (κ3) is 7.61. The van der Waals surface area contributed by atoms with E-state index >= 15 is 0 Å².